The van der Waals surface area contributed by atoms with Crippen molar-refractivity contribution in [1.82, 2.24) is 5.32 Å². The van der Waals surface area contributed by atoms with Crippen LogP contribution < -0.4 is 5.32 Å². The molecule has 0 fully saturated rings. The van der Waals surface area contributed by atoms with Crippen LogP contribution in [0.2, 0.25) is 5.02 Å². The van der Waals surface area contributed by atoms with E-state index in [0.717, 1.165) is 16.7 Å². The highest BCUT2D eigenvalue weighted by Gasteiger charge is 2.42. The molecule has 2 unspecified atom stereocenters. The summed E-state index contributed by atoms with van der Waals surface area (Å²) in [5, 5.41) is 12.6. The molecule has 0 bridgehead atoms. The van der Waals surface area contributed by atoms with Gasteiger partial charge in [-0.25, -0.2) is 4.39 Å². The van der Waals surface area contributed by atoms with Gasteiger partial charge < -0.3 is 15.2 Å². The van der Waals surface area contributed by atoms with Gasteiger partial charge in [0.1, 0.15) is 17.5 Å². The van der Waals surface area contributed by atoms with Crippen LogP contribution >= 0.6 is 24.0 Å². The molecule has 3 rings (SSSR count). The number of aliphatic carboxylic acids is 1. The van der Waals surface area contributed by atoms with E-state index in [1.54, 1.807) is 19.9 Å². The fourth-order valence-electron chi connectivity index (χ4n) is 3.59. The minimum atomic E-state index is -0.881. The molecule has 0 aromatic heterocycles. The average molecular weight is 428 g/mol. The molecule has 2 N–H and O–H groups in total. The van der Waals surface area contributed by atoms with Crippen molar-refractivity contribution in [2.45, 2.75) is 44.9 Å². The molecule has 0 aliphatic carbocycles. The first-order chi connectivity index (χ1) is 12.8. The van der Waals surface area contributed by atoms with Gasteiger partial charge in [0.05, 0.1) is 6.61 Å². The predicted octanol–water partition coefficient (Wildman–Crippen LogP) is 4.83. The molecule has 28 heavy (non-hydrogen) atoms. The Morgan fingerprint density at radius 1 is 1.39 bits per heavy atom. The number of benzene rings is 2. The molecule has 1 heterocycles. The fourth-order valence-corrected chi connectivity index (χ4v) is 3.82. The first-order valence-corrected chi connectivity index (χ1v) is 9.37. The second-order valence-corrected chi connectivity index (χ2v) is 7.37. The third-order valence-corrected chi connectivity index (χ3v) is 5.52. The number of ether oxygens (including phenoxy) is 1. The van der Waals surface area contributed by atoms with Gasteiger partial charge in [-0.2, -0.15) is 0 Å². The molecule has 0 amide bonds. The highest BCUT2D eigenvalue weighted by Crippen LogP contribution is 2.47. The second kappa shape index (κ2) is 9.23. The SMILES string of the molecule is Cc1cc(C2(CCCNC(C)C(=O)O)OCc3c(Cl)cccc32)ccc1F.Cl. The van der Waals surface area contributed by atoms with E-state index < -0.39 is 17.6 Å². The molecule has 7 heteroatoms. The molecule has 0 saturated carbocycles. The van der Waals surface area contributed by atoms with E-state index in [0.29, 0.717) is 36.6 Å². The molecule has 1 aliphatic rings. The second-order valence-electron chi connectivity index (χ2n) is 6.96. The third-order valence-electron chi connectivity index (χ3n) is 5.17. The smallest absolute Gasteiger partial charge is 0.320 e. The van der Waals surface area contributed by atoms with Crippen LogP contribution in [0.5, 0.6) is 0 Å². The summed E-state index contributed by atoms with van der Waals surface area (Å²) in [4.78, 5) is 11.0. The Morgan fingerprint density at radius 3 is 2.82 bits per heavy atom. The van der Waals surface area contributed by atoms with Gasteiger partial charge in [-0.1, -0.05) is 29.8 Å². The lowest BCUT2D eigenvalue weighted by atomic mass is 9.81. The first-order valence-electron chi connectivity index (χ1n) is 9.00. The number of nitrogens with one attached hydrogen (secondary N) is 1. The normalized spacial score (nSPS) is 19.0. The quantitative estimate of drug-likeness (QED) is 0.621. The van der Waals surface area contributed by atoms with Gasteiger partial charge in [-0.3, -0.25) is 4.79 Å². The van der Waals surface area contributed by atoms with Gasteiger partial charge in [0.2, 0.25) is 0 Å². The van der Waals surface area contributed by atoms with E-state index in [-0.39, 0.29) is 18.2 Å². The van der Waals surface area contributed by atoms with E-state index in [2.05, 4.69) is 5.32 Å². The van der Waals surface area contributed by atoms with Gasteiger partial charge in [0.15, 0.2) is 0 Å². The lowest BCUT2D eigenvalue weighted by Gasteiger charge is -2.31. The number of rotatable bonds is 7. The number of hydrogen-bond donors (Lipinski definition) is 2. The number of hydrogen-bond acceptors (Lipinski definition) is 3. The van der Waals surface area contributed by atoms with Crippen molar-refractivity contribution in [1.29, 1.82) is 0 Å². The van der Waals surface area contributed by atoms with E-state index >= 15 is 0 Å². The number of aryl methyl sites for hydroxylation is 1. The Morgan fingerprint density at radius 2 is 2.14 bits per heavy atom. The molecule has 1 aliphatic heterocycles. The van der Waals surface area contributed by atoms with Gasteiger partial charge in [0, 0.05) is 10.6 Å². The predicted molar refractivity (Wildman–Crippen MR) is 110 cm³/mol. The maximum absolute atomic E-state index is 13.8. The number of carboxylic acid groups (broad SMARTS) is 1. The number of halogens is 3. The summed E-state index contributed by atoms with van der Waals surface area (Å²) < 4.78 is 20.1. The lowest BCUT2D eigenvalue weighted by molar-refractivity contribution is -0.139. The highest BCUT2D eigenvalue weighted by atomic mass is 35.5. The summed E-state index contributed by atoms with van der Waals surface area (Å²) in [6.45, 7) is 4.28. The summed E-state index contributed by atoms with van der Waals surface area (Å²) in [5.74, 6) is -1.14. The zero-order valence-electron chi connectivity index (χ0n) is 15.8. The summed E-state index contributed by atoms with van der Waals surface area (Å²) in [6, 6.07) is 10.2. The largest absolute Gasteiger partial charge is 0.480 e. The highest BCUT2D eigenvalue weighted by molar-refractivity contribution is 6.31. The molecular weight excluding hydrogens is 404 g/mol. The van der Waals surface area contributed by atoms with Crippen molar-refractivity contribution in [2.24, 2.45) is 0 Å². The van der Waals surface area contributed by atoms with E-state index in [1.165, 1.54) is 6.07 Å². The maximum atomic E-state index is 13.8. The van der Waals surface area contributed by atoms with Crippen molar-refractivity contribution < 1.29 is 19.0 Å². The summed E-state index contributed by atoms with van der Waals surface area (Å²) in [6.07, 6.45) is 1.32. The van der Waals surface area contributed by atoms with Crippen molar-refractivity contribution >= 4 is 30.0 Å². The van der Waals surface area contributed by atoms with Crippen LogP contribution in [-0.2, 0) is 21.7 Å². The Hall–Kier alpha value is -1.66. The zero-order valence-corrected chi connectivity index (χ0v) is 17.4. The Kier molecular flexibility index (Phi) is 7.46. The van der Waals surface area contributed by atoms with E-state index in [4.69, 9.17) is 21.4 Å². The number of carboxylic acids is 1. The van der Waals surface area contributed by atoms with Crippen LogP contribution in [-0.4, -0.2) is 23.7 Å². The molecule has 0 spiro atoms. The van der Waals surface area contributed by atoms with Crippen LogP contribution in [0.4, 0.5) is 4.39 Å². The van der Waals surface area contributed by atoms with Crippen molar-refractivity contribution in [3.63, 3.8) is 0 Å². The van der Waals surface area contributed by atoms with Crippen LogP contribution in [0.25, 0.3) is 0 Å². The number of carbonyl (C=O) groups is 1. The molecule has 2 aromatic carbocycles. The zero-order chi connectivity index (χ0) is 19.6. The van der Waals surface area contributed by atoms with Crippen molar-refractivity contribution in [3.8, 4) is 0 Å². The average Bonchev–Trinajstić information content (AvgIpc) is 3.02. The van der Waals surface area contributed by atoms with Crippen LogP contribution in [0.1, 0.15) is 42.0 Å². The molecule has 2 aromatic rings. The topological polar surface area (TPSA) is 58.6 Å². The van der Waals surface area contributed by atoms with Gasteiger partial charge in [-0.05, 0) is 68.1 Å². The van der Waals surface area contributed by atoms with Gasteiger partial charge in [-0.15, -0.1) is 12.4 Å². The maximum Gasteiger partial charge on any atom is 0.320 e. The summed E-state index contributed by atoms with van der Waals surface area (Å²) in [7, 11) is 0. The number of fused-ring (bicyclic) bond motifs is 1. The van der Waals surface area contributed by atoms with Gasteiger partial charge >= 0.3 is 5.97 Å². The van der Waals surface area contributed by atoms with Gasteiger partial charge in [0.25, 0.3) is 0 Å². The van der Waals surface area contributed by atoms with Crippen LogP contribution in [0.15, 0.2) is 36.4 Å². The monoisotopic (exact) mass is 427 g/mol. The minimum Gasteiger partial charge on any atom is -0.480 e. The Bertz CT molecular complexity index is 862. The first kappa shape index (κ1) is 22.6. The van der Waals surface area contributed by atoms with Crippen molar-refractivity contribution in [2.75, 3.05) is 6.54 Å². The molecule has 4 nitrogen and oxygen atoms in total. The third kappa shape index (κ3) is 4.33. The van der Waals surface area contributed by atoms with E-state index in [1.807, 2.05) is 24.3 Å². The van der Waals surface area contributed by atoms with Crippen molar-refractivity contribution in [3.05, 3.63) is 69.5 Å². The summed E-state index contributed by atoms with van der Waals surface area (Å²) >= 11 is 6.36. The minimum absolute atomic E-state index is 0. The molecule has 0 saturated heterocycles. The lowest BCUT2D eigenvalue weighted by Crippen LogP contribution is -2.35. The molecule has 0 radical (unpaired) electrons. The molecular formula is C21H24Cl2FNO3. The fraction of sp³-hybridized carbons (Fsp3) is 0.381. The Labute approximate surface area is 175 Å². The summed E-state index contributed by atoms with van der Waals surface area (Å²) in [5.41, 5.74) is 2.67. The van der Waals surface area contributed by atoms with Crippen LogP contribution in [0, 0.1) is 12.7 Å². The standard InChI is InChI=1S/C21H23ClFNO3.ClH/c1-13-11-15(7-8-19(13)23)21(9-4-10-24-14(2)20(25)26)17-5-3-6-18(22)16(17)12-27-21;/h3,5-8,11,14,24H,4,9-10,12H2,1-2H3,(H,25,26);1H. The molecule has 2 atom stereocenters. The molecule has 152 valence electrons. The van der Waals surface area contributed by atoms with Crippen LogP contribution in [0.3, 0.4) is 0 Å². The Balaban J connectivity index is 0.00000280. The van der Waals surface area contributed by atoms with E-state index in [9.17, 15) is 9.18 Å².